The average molecular weight is 802 g/mol. The molecule has 316 valence electrons. The molecule has 5 aliphatic rings. The molecule has 2 aromatic carbocycles. The van der Waals surface area contributed by atoms with Gasteiger partial charge in [0.25, 0.3) is 0 Å². The first-order valence-corrected chi connectivity index (χ1v) is 21.0. The highest BCUT2D eigenvalue weighted by Gasteiger charge is 2.58. The maximum absolute atomic E-state index is 14.3. The minimum absolute atomic E-state index is 0.102. The molecule has 0 aromatic heterocycles. The van der Waals surface area contributed by atoms with E-state index >= 15 is 0 Å². The van der Waals surface area contributed by atoms with Gasteiger partial charge < -0.3 is 40.8 Å². The molecular weight excluding hydrogens is 739 g/mol. The van der Waals surface area contributed by atoms with Crippen molar-refractivity contribution in [1.82, 2.24) is 26.6 Å². The Morgan fingerprint density at radius 2 is 1.33 bits per heavy atom. The number of nitrogens with one attached hydrogen (secondary N) is 5. The monoisotopic (exact) mass is 801 g/mol. The van der Waals surface area contributed by atoms with Gasteiger partial charge in [-0.05, 0) is 140 Å². The van der Waals surface area contributed by atoms with Gasteiger partial charge in [0.05, 0.1) is 6.54 Å². The molecule has 0 radical (unpaired) electrons. The number of carbonyl (C=O) groups excluding carboxylic acids is 5. The minimum Gasteiger partial charge on any atom is -0.459 e. The highest BCUT2D eigenvalue weighted by atomic mass is 16.6. The number of benzene rings is 2. The summed E-state index contributed by atoms with van der Waals surface area (Å²) in [6.45, 7) is 13.1. The van der Waals surface area contributed by atoms with E-state index in [9.17, 15) is 24.0 Å². The molecule has 7 rings (SSSR count). The number of amides is 4. The number of rotatable bonds is 15. The topological polar surface area (TPSA) is 173 Å². The number of alkyl carbamates (subject to hydrolysis) is 2. The molecule has 4 bridgehead atoms. The van der Waals surface area contributed by atoms with Crippen LogP contribution < -0.4 is 26.6 Å². The Bertz CT molecular complexity index is 1790. The van der Waals surface area contributed by atoms with Gasteiger partial charge in [0.15, 0.2) is 0 Å². The van der Waals surface area contributed by atoms with Gasteiger partial charge >= 0.3 is 18.2 Å². The summed E-state index contributed by atoms with van der Waals surface area (Å²) in [5, 5.41) is 15.3. The SMILES string of the molecule is C[C@H](NC(=O)OCC1c2ccccc2-c2ccccc21)C(=O)N[C@@H](CCCCNC(=O)OC(C)(C)C)C(=O)NC12C[C@@H]3C[C@@H](CC(NCC(=O)OC(C)(C)C)(C3)C1)C2. The second kappa shape index (κ2) is 17.3. The molecule has 13 nitrogen and oxygen atoms in total. The molecule has 0 spiro atoms. The number of fused-ring (bicyclic) bond motifs is 3. The fourth-order valence-corrected chi connectivity index (χ4v) is 10.0. The minimum atomic E-state index is -0.986. The fraction of sp³-hybridized carbons (Fsp3) is 0.622. The Kier molecular flexibility index (Phi) is 12.8. The number of hydrogen-bond donors (Lipinski definition) is 5. The van der Waals surface area contributed by atoms with Crippen molar-refractivity contribution in [2.75, 3.05) is 19.7 Å². The number of esters is 1. The van der Waals surface area contributed by atoms with E-state index in [2.05, 4.69) is 38.7 Å². The summed E-state index contributed by atoms with van der Waals surface area (Å²) in [6.07, 6.45) is 5.49. The second-order valence-corrected chi connectivity index (χ2v) is 19.1. The summed E-state index contributed by atoms with van der Waals surface area (Å²) in [7, 11) is 0. The maximum atomic E-state index is 14.3. The first-order valence-electron chi connectivity index (χ1n) is 21.0. The summed E-state index contributed by atoms with van der Waals surface area (Å²) in [5.41, 5.74) is 2.43. The lowest BCUT2D eigenvalue weighted by Gasteiger charge is -2.62. The predicted octanol–water partition coefficient (Wildman–Crippen LogP) is 6.23. The first kappa shape index (κ1) is 42.9. The standard InChI is InChI=1S/C45H63N5O8/c1-28(48-41(55)56-26-35-33-16-10-8-14-31(33)32-15-9-11-17-34(32)35)38(52)49-36(18-12-13-19-46-40(54)58-43(5,6)7)39(53)50-45-23-29-20-30(24-45)22-44(21-29,27-45)47-25-37(51)57-42(2,3)4/h8-11,14-17,28-30,35-36,47H,12-13,18-27H2,1-7H3,(H,46,54)(H,48,55)(H,49,52)(H,50,53)/t28-,29-,30+,36-,44?,45?/m0/s1. The van der Waals surface area contributed by atoms with Crippen LogP contribution in [0.3, 0.4) is 0 Å². The van der Waals surface area contributed by atoms with Gasteiger partial charge in [0, 0.05) is 23.5 Å². The molecule has 13 heteroatoms. The molecule has 4 saturated carbocycles. The molecule has 2 unspecified atom stereocenters. The fourth-order valence-electron chi connectivity index (χ4n) is 10.0. The summed E-state index contributed by atoms with van der Waals surface area (Å²) >= 11 is 0. The van der Waals surface area contributed by atoms with E-state index in [1.807, 2.05) is 57.2 Å². The molecule has 4 amide bonds. The summed E-state index contributed by atoms with van der Waals surface area (Å²) in [6, 6.07) is 14.3. The van der Waals surface area contributed by atoms with Gasteiger partial charge in [-0.25, -0.2) is 9.59 Å². The smallest absolute Gasteiger partial charge is 0.407 e. The molecule has 5 aliphatic carbocycles. The Hall–Kier alpha value is -4.65. The lowest BCUT2D eigenvalue weighted by molar-refractivity contribution is -0.155. The van der Waals surface area contributed by atoms with Crippen LogP contribution in [-0.2, 0) is 28.6 Å². The normalized spacial score (nSPS) is 24.1. The van der Waals surface area contributed by atoms with Gasteiger partial charge in [-0.3, -0.25) is 14.4 Å². The van der Waals surface area contributed by atoms with Crippen LogP contribution >= 0.6 is 0 Å². The molecule has 58 heavy (non-hydrogen) atoms. The van der Waals surface area contributed by atoms with Crippen molar-refractivity contribution >= 4 is 30.0 Å². The summed E-state index contributed by atoms with van der Waals surface area (Å²) in [5.74, 6) is -0.419. The summed E-state index contributed by atoms with van der Waals surface area (Å²) in [4.78, 5) is 65.9. The molecule has 0 aliphatic heterocycles. The second-order valence-electron chi connectivity index (χ2n) is 19.1. The van der Waals surface area contributed by atoms with Crippen LogP contribution in [0.1, 0.15) is 123 Å². The van der Waals surface area contributed by atoms with E-state index in [4.69, 9.17) is 14.2 Å². The Morgan fingerprint density at radius 1 is 0.741 bits per heavy atom. The molecule has 6 atom stereocenters. The van der Waals surface area contributed by atoms with Crippen LogP contribution in [0.5, 0.6) is 0 Å². The van der Waals surface area contributed by atoms with E-state index in [0.717, 1.165) is 54.4 Å². The van der Waals surface area contributed by atoms with E-state index in [-0.39, 0.29) is 36.5 Å². The third-order valence-electron chi connectivity index (χ3n) is 11.8. The Morgan fingerprint density at radius 3 is 1.93 bits per heavy atom. The molecule has 5 N–H and O–H groups in total. The highest BCUT2D eigenvalue weighted by molar-refractivity contribution is 5.91. The van der Waals surface area contributed by atoms with E-state index in [1.165, 1.54) is 0 Å². The lowest BCUT2D eigenvalue weighted by atomic mass is 9.50. The molecule has 0 saturated heterocycles. The van der Waals surface area contributed by atoms with Crippen molar-refractivity contribution in [3.05, 3.63) is 59.7 Å². The van der Waals surface area contributed by atoms with E-state index in [1.54, 1.807) is 27.7 Å². The molecular formula is C45H63N5O8. The third kappa shape index (κ3) is 10.9. The Balaban J connectivity index is 1.07. The number of ether oxygens (including phenoxy) is 3. The van der Waals surface area contributed by atoms with Gasteiger partial charge in [-0.15, -0.1) is 0 Å². The molecule has 0 heterocycles. The molecule has 4 fully saturated rings. The van der Waals surface area contributed by atoms with Crippen molar-refractivity contribution in [2.45, 2.75) is 147 Å². The van der Waals surface area contributed by atoms with Crippen molar-refractivity contribution in [3.8, 4) is 11.1 Å². The van der Waals surface area contributed by atoms with Crippen molar-refractivity contribution in [3.63, 3.8) is 0 Å². The van der Waals surface area contributed by atoms with Crippen LogP contribution in [0.15, 0.2) is 48.5 Å². The summed E-state index contributed by atoms with van der Waals surface area (Å²) < 4.78 is 16.6. The van der Waals surface area contributed by atoms with Gasteiger partial charge in [-0.2, -0.15) is 0 Å². The van der Waals surface area contributed by atoms with Crippen LogP contribution in [0.2, 0.25) is 0 Å². The van der Waals surface area contributed by atoms with Crippen molar-refractivity contribution in [1.29, 1.82) is 0 Å². The number of carbonyl (C=O) groups is 5. The first-order chi connectivity index (χ1) is 27.3. The Labute approximate surface area is 342 Å². The van der Waals surface area contributed by atoms with Gasteiger partial charge in [0.2, 0.25) is 11.8 Å². The third-order valence-corrected chi connectivity index (χ3v) is 11.8. The predicted molar refractivity (Wildman–Crippen MR) is 220 cm³/mol. The van der Waals surface area contributed by atoms with Crippen LogP contribution in [0, 0.1) is 11.8 Å². The van der Waals surface area contributed by atoms with E-state index in [0.29, 0.717) is 44.1 Å². The molecule has 2 aromatic rings. The van der Waals surface area contributed by atoms with Crippen molar-refractivity contribution in [2.24, 2.45) is 11.8 Å². The highest BCUT2D eigenvalue weighted by Crippen LogP contribution is 2.57. The van der Waals surface area contributed by atoms with Gasteiger partial charge in [-0.1, -0.05) is 48.5 Å². The zero-order chi connectivity index (χ0) is 41.9. The number of hydrogen-bond acceptors (Lipinski definition) is 9. The maximum Gasteiger partial charge on any atom is 0.407 e. The zero-order valence-electron chi connectivity index (χ0n) is 35.3. The van der Waals surface area contributed by atoms with Crippen LogP contribution in [0.25, 0.3) is 11.1 Å². The van der Waals surface area contributed by atoms with E-state index < -0.39 is 46.9 Å². The lowest BCUT2D eigenvalue weighted by Crippen LogP contribution is -2.70. The quantitative estimate of drug-likeness (QED) is 0.0795. The largest absolute Gasteiger partial charge is 0.459 e. The van der Waals surface area contributed by atoms with Crippen LogP contribution in [0.4, 0.5) is 9.59 Å². The van der Waals surface area contributed by atoms with Crippen LogP contribution in [-0.4, -0.2) is 84.0 Å². The average Bonchev–Trinajstić information content (AvgIpc) is 3.43. The number of unbranched alkanes of at least 4 members (excludes halogenated alkanes) is 1. The van der Waals surface area contributed by atoms with Crippen molar-refractivity contribution < 1.29 is 38.2 Å². The van der Waals surface area contributed by atoms with Gasteiger partial charge in [0.1, 0.15) is 29.9 Å². The zero-order valence-corrected chi connectivity index (χ0v) is 35.3.